The Morgan fingerprint density at radius 1 is 1.58 bits per heavy atom. The molecule has 2 rings (SSSR count). The molecule has 0 aliphatic carbocycles. The molecule has 1 fully saturated rings. The molecule has 3 N–H and O–H groups in total. The van der Waals surface area contributed by atoms with Gasteiger partial charge in [-0.2, -0.15) is 0 Å². The number of pyridine rings is 1. The third-order valence-electron chi connectivity index (χ3n) is 3.59. The molecular weight excluding hydrogens is 240 g/mol. The van der Waals surface area contributed by atoms with Crippen molar-refractivity contribution in [3.8, 4) is 0 Å². The maximum Gasteiger partial charge on any atom is 0.240 e. The first-order chi connectivity index (χ1) is 9.13. The van der Waals surface area contributed by atoms with Gasteiger partial charge in [0.05, 0.1) is 0 Å². The lowest BCUT2D eigenvalue weighted by molar-refractivity contribution is -0.119. The molecule has 0 saturated carbocycles. The Morgan fingerprint density at radius 3 is 3.00 bits per heavy atom. The quantitative estimate of drug-likeness (QED) is 0.847. The number of aromatic nitrogens is 1. The van der Waals surface area contributed by atoms with Crippen molar-refractivity contribution in [2.45, 2.75) is 38.8 Å². The number of carbonyl (C=O) groups is 1. The minimum atomic E-state index is -0.250. The number of hydrogen-bond donors (Lipinski definition) is 2. The summed E-state index contributed by atoms with van der Waals surface area (Å²) in [6.45, 7) is 3.69. The second-order valence-corrected chi connectivity index (χ2v) is 5.12. The first kappa shape index (κ1) is 13.8. The summed E-state index contributed by atoms with van der Waals surface area (Å²) in [6, 6.07) is 1.90. The minimum Gasteiger partial charge on any atom is -0.368 e. The van der Waals surface area contributed by atoms with Crippen LogP contribution in [-0.2, 0) is 11.3 Å². The third-order valence-corrected chi connectivity index (χ3v) is 3.59. The van der Waals surface area contributed by atoms with Crippen LogP contribution in [0.4, 0.5) is 5.82 Å². The van der Waals surface area contributed by atoms with Crippen LogP contribution in [0.25, 0.3) is 0 Å². The zero-order valence-electron chi connectivity index (χ0n) is 11.6. The van der Waals surface area contributed by atoms with E-state index in [4.69, 9.17) is 5.73 Å². The highest BCUT2D eigenvalue weighted by atomic mass is 16.1. The Hall–Kier alpha value is -1.62. The highest BCUT2D eigenvalue weighted by Crippen LogP contribution is 2.26. The van der Waals surface area contributed by atoms with Crippen molar-refractivity contribution in [2.24, 2.45) is 5.73 Å². The molecule has 1 amide bonds. The Morgan fingerprint density at radius 2 is 2.37 bits per heavy atom. The second-order valence-electron chi connectivity index (χ2n) is 5.12. The highest BCUT2D eigenvalue weighted by molar-refractivity contribution is 5.83. The topological polar surface area (TPSA) is 71.2 Å². The summed E-state index contributed by atoms with van der Waals surface area (Å²) in [5.74, 6) is 0.642. The van der Waals surface area contributed by atoms with E-state index in [1.807, 2.05) is 20.2 Å². The third kappa shape index (κ3) is 3.04. The lowest BCUT2D eigenvalue weighted by atomic mass is 10.0. The Labute approximate surface area is 114 Å². The smallest absolute Gasteiger partial charge is 0.240 e. The molecule has 104 valence electrons. The molecule has 0 radical (unpaired) electrons. The number of amides is 1. The van der Waals surface area contributed by atoms with Gasteiger partial charge in [-0.05, 0) is 50.4 Å². The van der Waals surface area contributed by atoms with Gasteiger partial charge >= 0.3 is 0 Å². The lowest BCUT2D eigenvalue weighted by Crippen LogP contribution is -2.48. The summed E-state index contributed by atoms with van der Waals surface area (Å²) in [6.07, 6.45) is 4.84. The van der Waals surface area contributed by atoms with Crippen LogP contribution in [-0.4, -0.2) is 30.5 Å². The number of aryl methyl sites for hydroxylation is 1. The number of carbonyl (C=O) groups excluding carboxylic acids is 1. The average molecular weight is 262 g/mol. The predicted octanol–water partition coefficient (Wildman–Crippen LogP) is 0.954. The molecule has 1 aromatic rings. The zero-order chi connectivity index (χ0) is 13.8. The largest absolute Gasteiger partial charge is 0.368 e. The lowest BCUT2D eigenvalue weighted by Gasteiger charge is -2.35. The van der Waals surface area contributed by atoms with E-state index in [0.717, 1.165) is 49.3 Å². The molecule has 0 bridgehead atoms. The summed E-state index contributed by atoms with van der Waals surface area (Å²) in [7, 11) is 1.91. The van der Waals surface area contributed by atoms with Crippen molar-refractivity contribution in [1.29, 1.82) is 0 Å². The summed E-state index contributed by atoms with van der Waals surface area (Å²) in [5, 5.41) is 3.11. The van der Waals surface area contributed by atoms with Crippen molar-refractivity contribution in [3.63, 3.8) is 0 Å². The van der Waals surface area contributed by atoms with Crippen LogP contribution < -0.4 is 16.0 Å². The molecule has 1 aromatic heterocycles. The van der Waals surface area contributed by atoms with E-state index < -0.39 is 0 Å². The molecule has 1 aliphatic heterocycles. The minimum absolute atomic E-state index is 0.213. The van der Waals surface area contributed by atoms with Crippen LogP contribution in [0.3, 0.4) is 0 Å². The molecule has 2 heterocycles. The van der Waals surface area contributed by atoms with E-state index >= 15 is 0 Å². The normalized spacial score (nSPS) is 19.5. The first-order valence-corrected chi connectivity index (χ1v) is 6.79. The number of nitrogens with two attached hydrogens (primary N) is 1. The van der Waals surface area contributed by atoms with E-state index in [0.29, 0.717) is 0 Å². The van der Waals surface area contributed by atoms with Crippen LogP contribution in [0.2, 0.25) is 0 Å². The van der Waals surface area contributed by atoms with Crippen molar-refractivity contribution in [2.75, 3.05) is 18.5 Å². The van der Waals surface area contributed by atoms with Crippen molar-refractivity contribution < 1.29 is 4.79 Å². The van der Waals surface area contributed by atoms with E-state index in [1.165, 1.54) is 0 Å². The first-order valence-electron chi connectivity index (χ1n) is 6.79. The van der Waals surface area contributed by atoms with Gasteiger partial charge < -0.3 is 16.0 Å². The molecule has 19 heavy (non-hydrogen) atoms. The van der Waals surface area contributed by atoms with E-state index in [2.05, 4.69) is 21.3 Å². The van der Waals surface area contributed by atoms with Gasteiger partial charge in [-0.1, -0.05) is 0 Å². The number of rotatable bonds is 4. The number of anilines is 1. The van der Waals surface area contributed by atoms with Gasteiger partial charge in [-0.3, -0.25) is 4.79 Å². The highest BCUT2D eigenvalue weighted by Gasteiger charge is 2.28. The number of primary amides is 1. The number of nitrogens with one attached hydrogen (secondary N) is 1. The van der Waals surface area contributed by atoms with Gasteiger partial charge in [-0.15, -0.1) is 0 Å². The number of hydrogen-bond acceptors (Lipinski definition) is 4. The van der Waals surface area contributed by atoms with E-state index in [1.54, 1.807) is 0 Å². The standard InChI is InChI=1S/C14H22N4O/c1-10-7-11(8-16-2)9-17-14(10)18-6-4-3-5-12(18)13(15)19/h7,9,12,16H,3-6,8H2,1-2H3,(H2,15,19). The summed E-state index contributed by atoms with van der Waals surface area (Å²) in [4.78, 5) is 18.2. The van der Waals surface area contributed by atoms with Gasteiger partial charge in [0.25, 0.3) is 0 Å². The van der Waals surface area contributed by atoms with Crippen LogP contribution in [0.1, 0.15) is 30.4 Å². The Bertz CT molecular complexity index is 461. The zero-order valence-corrected chi connectivity index (χ0v) is 11.6. The second kappa shape index (κ2) is 6.02. The van der Waals surface area contributed by atoms with Crippen LogP contribution in [0.5, 0.6) is 0 Å². The van der Waals surface area contributed by atoms with Gasteiger partial charge in [-0.25, -0.2) is 4.98 Å². The van der Waals surface area contributed by atoms with Crippen LogP contribution in [0, 0.1) is 6.92 Å². The molecule has 1 unspecified atom stereocenters. The molecule has 1 saturated heterocycles. The van der Waals surface area contributed by atoms with Crippen LogP contribution in [0.15, 0.2) is 12.3 Å². The fraction of sp³-hybridized carbons (Fsp3) is 0.571. The van der Waals surface area contributed by atoms with Crippen molar-refractivity contribution >= 4 is 11.7 Å². The van der Waals surface area contributed by atoms with Gasteiger partial charge in [0, 0.05) is 19.3 Å². The molecule has 5 heteroatoms. The molecule has 0 aromatic carbocycles. The van der Waals surface area contributed by atoms with Gasteiger partial charge in [0.2, 0.25) is 5.91 Å². The Balaban J connectivity index is 2.26. The fourth-order valence-electron chi connectivity index (χ4n) is 2.71. The summed E-state index contributed by atoms with van der Waals surface area (Å²) < 4.78 is 0. The fourth-order valence-corrected chi connectivity index (χ4v) is 2.71. The maximum absolute atomic E-state index is 11.6. The summed E-state index contributed by atoms with van der Waals surface area (Å²) >= 11 is 0. The van der Waals surface area contributed by atoms with Crippen LogP contribution >= 0.6 is 0 Å². The maximum atomic E-state index is 11.6. The van der Waals surface area contributed by atoms with E-state index in [9.17, 15) is 4.79 Å². The molecular formula is C14H22N4O. The number of nitrogens with zero attached hydrogens (tertiary/aromatic N) is 2. The molecule has 0 spiro atoms. The van der Waals surface area contributed by atoms with Gasteiger partial charge in [0.1, 0.15) is 11.9 Å². The average Bonchev–Trinajstić information content (AvgIpc) is 2.39. The molecule has 5 nitrogen and oxygen atoms in total. The van der Waals surface area contributed by atoms with Gasteiger partial charge in [0.15, 0.2) is 0 Å². The van der Waals surface area contributed by atoms with Crippen molar-refractivity contribution in [3.05, 3.63) is 23.4 Å². The number of piperidine rings is 1. The SMILES string of the molecule is CNCc1cnc(N2CCCCC2C(N)=O)c(C)c1. The Kier molecular flexibility index (Phi) is 4.37. The van der Waals surface area contributed by atoms with E-state index in [-0.39, 0.29) is 11.9 Å². The predicted molar refractivity (Wildman–Crippen MR) is 75.9 cm³/mol. The summed E-state index contributed by atoms with van der Waals surface area (Å²) in [5.41, 5.74) is 7.75. The molecule has 1 atom stereocenters. The molecule has 1 aliphatic rings. The monoisotopic (exact) mass is 262 g/mol. The van der Waals surface area contributed by atoms with Crippen molar-refractivity contribution in [1.82, 2.24) is 10.3 Å².